The van der Waals surface area contributed by atoms with Crippen LogP contribution >= 0.6 is 0 Å². The van der Waals surface area contributed by atoms with Crippen LogP contribution in [0.4, 0.5) is 5.82 Å². The number of aromatic amines is 1. The summed E-state index contributed by atoms with van der Waals surface area (Å²) in [4.78, 5) is 11.4. The maximum absolute atomic E-state index is 11.4. The summed E-state index contributed by atoms with van der Waals surface area (Å²) in [5.41, 5.74) is 6.55. The van der Waals surface area contributed by atoms with E-state index in [9.17, 15) is 4.79 Å². The number of hydrogen-bond donors (Lipinski definition) is 3. The van der Waals surface area contributed by atoms with Gasteiger partial charge in [-0.05, 0) is 19.8 Å². The van der Waals surface area contributed by atoms with Crippen molar-refractivity contribution in [2.75, 3.05) is 18.9 Å². The molecule has 1 heterocycles. The molecule has 6 nitrogen and oxygen atoms in total. The van der Waals surface area contributed by atoms with Gasteiger partial charge in [-0.1, -0.05) is 0 Å². The molecule has 1 aliphatic carbocycles. The number of nitrogen functional groups attached to an aromatic ring is 1. The molecule has 0 atom stereocenters. The van der Waals surface area contributed by atoms with Gasteiger partial charge in [0.15, 0.2) is 0 Å². The normalized spacial score (nSPS) is 23.1. The number of nitrogens with zero attached hydrogens (tertiary/aromatic N) is 1. The largest absolute Gasteiger partial charge is 0.384 e. The Morgan fingerprint density at radius 3 is 3.06 bits per heavy atom. The number of rotatable bonds is 5. The number of H-pyrrole nitrogens is 1. The van der Waals surface area contributed by atoms with Gasteiger partial charge in [-0.3, -0.25) is 9.89 Å². The van der Waals surface area contributed by atoms with Crippen LogP contribution < -0.4 is 11.1 Å². The van der Waals surface area contributed by atoms with Crippen LogP contribution in [0.1, 0.15) is 31.4 Å². The predicted octanol–water partition coefficient (Wildman–Crippen LogP) is 0.391. The van der Waals surface area contributed by atoms with E-state index in [2.05, 4.69) is 15.5 Å². The number of amides is 1. The maximum Gasteiger partial charge on any atom is 0.246 e. The van der Waals surface area contributed by atoms with Crippen LogP contribution in [0.2, 0.25) is 0 Å². The summed E-state index contributed by atoms with van der Waals surface area (Å²) in [7, 11) is 0. The summed E-state index contributed by atoms with van der Waals surface area (Å²) in [6.07, 6.45) is 1.84. The maximum atomic E-state index is 11.4. The molecule has 1 aromatic heterocycles. The van der Waals surface area contributed by atoms with Gasteiger partial charge in [0.2, 0.25) is 5.91 Å². The third-order valence-electron chi connectivity index (χ3n) is 2.98. The van der Waals surface area contributed by atoms with E-state index in [0.29, 0.717) is 18.3 Å². The molecular formula is C11H18N4O2. The molecule has 1 saturated carbocycles. The molecule has 1 fully saturated rings. The molecule has 1 aromatic rings. The highest BCUT2D eigenvalue weighted by molar-refractivity contribution is 5.77. The minimum absolute atomic E-state index is 0.0446. The topological polar surface area (TPSA) is 93.0 Å². The SMILES string of the molecule is CCOCC(=O)N[C@H]1C[C@@H](c2cc(N)[nH]n2)C1. The highest BCUT2D eigenvalue weighted by atomic mass is 16.5. The smallest absolute Gasteiger partial charge is 0.246 e. The second kappa shape index (κ2) is 5.18. The van der Waals surface area contributed by atoms with Gasteiger partial charge < -0.3 is 15.8 Å². The van der Waals surface area contributed by atoms with Gasteiger partial charge in [0, 0.05) is 24.6 Å². The summed E-state index contributed by atoms with van der Waals surface area (Å²) in [6.45, 7) is 2.58. The van der Waals surface area contributed by atoms with Crippen LogP contribution in [-0.2, 0) is 9.53 Å². The molecule has 0 radical (unpaired) electrons. The number of nitrogens with two attached hydrogens (primary N) is 1. The predicted molar refractivity (Wildman–Crippen MR) is 63.4 cm³/mol. The van der Waals surface area contributed by atoms with Crippen LogP contribution in [0.25, 0.3) is 0 Å². The van der Waals surface area contributed by atoms with Crippen molar-refractivity contribution in [2.45, 2.75) is 31.7 Å². The lowest BCUT2D eigenvalue weighted by Crippen LogP contribution is -2.44. The number of hydrogen-bond acceptors (Lipinski definition) is 4. The second-order valence-corrected chi connectivity index (χ2v) is 4.32. The average Bonchev–Trinajstić information content (AvgIpc) is 2.66. The molecule has 17 heavy (non-hydrogen) atoms. The van der Waals surface area contributed by atoms with Crippen molar-refractivity contribution in [3.8, 4) is 0 Å². The lowest BCUT2D eigenvalue weighted by Gasteiger charge is -2.34. The van der Waals surface area contributed by atoms with Gasteiger partial charge in [0.05, 0.1) is 5.69 Å². The molecule has 1 amide bonds. The summed E-state index contributed by atoms with van der Waals surface area (Å²) in [6, 6.07) is 2.09. The first-order chi connectivity index (χ1) is 8.19. The van der Waals surface area contributed by atoms with Crippen molar-refractivity contribution in [3.63, 3.8) is 0 Å². The molecule has 0 bridgehead atoms. The molecule has 6 heteroatoms. The highest BCUT2D eigenvalue weighted by Crippen LogP contribution is 2.36. The number of carbonyl (C=O) groups is 1. The van der Waals surface area contributed by atoms with E-state index in [4.69, 9.17) is 10.5 Å². The Kier molecular flexibility index (Phi) is 3.63. The fourth-order valence-corrected chi connectivity index (χ4v) is 2.00. The molecular weight excluding hydrogens is 220 g/mol. The molecule has 0 spiro atoms. The Morgan fingerprint density at radius 2 is 2.47 bits per heavy atom. The van der Waals surface area contributed by atoms with Gasteiger partial charge in [0.25, 0.3) is 0 Å². The third-order valence-corrected chi connectivity index (χ3v) is 2.98. The van der Waals surface area contributed by atoms with E-state index >= 15 is 0 Å². The number of carbonyl (C=O) groups excluding carboxylic acids is 1. The molecule has 0 unspecified atom stereocenters. The fraction of sp³-hybridized carbons (Fsp3) is 0.636. The molecule has 2 rings (SSSR count). The van der Waals surface area contributed by atoms with Crippen LogP contribution in [0.15, 0.2) is 6.07 Å². The molecule has 0 aromatic carbocycles. The molecule has 94 valence electrons. The van der Waals surface area contributed by atoms with E-state index in [1.54, 1.807) is 0 Å². The van der Waals surface area contributed by atoms with Crippen molar-refractivity contribution in [1.82, 2.24) is 15.5 Å². The summed E-state index contributed by atoms with van der Waals surface area (Å²) in [5.74, 6) is 0.946. The number of nitrogens with one attached hydrogen (secondary N) is 2. The van der Waals surface area contributed by atoms with Crippen molar-refractivity contribution in [2.24, 2.45) is 0 Å². The highest BCUT2D eigenvalue weighted by Gasteiger charge is 2.32. The van der Waals surface area contributed by atoms with E-state index in [1.165, 1.54) is 0 Å². The first-order valence-corrected chi connectivity index (χ1v) is 5.87. The average molecular weight is 238 g/mol. The van der Waals surface area contributed by atoms with Gasteiger partial charge in [-0.15, -0.1) is 0 Å². The van der Waals surface area contributed by atoms with Crippen molar-refractivity contribution in [3.05, 3.63) is 11.8 Å². The Morgan fingerprint density at radius 1 is 1.71 bits per heavy atom. The number of anilines is 1. The van der Waals surface area contributed by atoms with Crippen LogP contribution in [0, 0.1) is 0 Å². The van der Waals surface area contributed by atoms with Gasteiger partial charge >= 0.3 is 0 Å². The Hall–Kier alpha value is -1.56. The first-order valence-electron chi connectivity index (χ1n) is 5.87. The monoisotopic (exact) mass is 238 g/mol. The molecule has 0 aliphatic heterocycles. The second-order valence-electron chi connectivity index (χ2n) is 4.32. The molecule has 4 N–H and O–H groups in total. The van der Waals surface area contributed by atoms with Gasteiger partial charge in [-0.25, -0.2) is 0 Å². The van der Waals surface area contributed by atoms with E-state index < -0.39 is 0 Å². The zero-order valence-corrected chi connectivity index (χ0v) is 9.90. The van der Waals surface area contributed by atoms with Crippen molar-refractivity contribution < 1.29 is 9.53 Å². The molecule has 1 aliphatic rings. The van der Waals surface area contributed by atoms with Gasteiger partial charge in [-0.2, -0.15) is 5.10 Å². The van der Waals surface area contributed by atoms with E-state index in [-0.39, 0.29) is 18.6 Å². The fourth-order valence-electron chi connectivity index (χ4n) is 2.00. The van der Waals surface area contributed by atoms with E-state index in [1.807, 2.05) is 13.0 Å². The molecule has 0 saturated heterocycles. The summed E-state index contributed by atoms with van der Waals surface area (Å²) in [5, 5.41) is 9.76. The quantitative estimate of drug-likeness (QED) is 0.691. The Bertz CT molecular complexity index is 385. The number of aromatic nitrogens is 2. The minimum atomic E-state index is -0.0446. The summed E-state index contributed by atoms with van der Waals surface area (Å²) < 4.78 is 5.03. The first kappa shape index (κ1) is 11.9. The zero-order valence-electron chi connectivity index (χ0n) is 9.90. The Balaban J connectivity index is 1.70. The number of ether oxygens (including phenoxy) is 1. The van der Waals surface area contributed by atoms with Crippen LogP contribution in [0.5, 0.6) is 0 Å². The zero-order chi connectivity index (χ0) is 12.3. The van der Waals surface area contributed by atoms with Crippen molar-refractivity contribution in [1.29, 1.82) is 0 Å². The lowest BCUT2D eigenvalue weighted by molar-refractivity contribution is -0.126. The minimum Gasteiger partial charge on any atom is -0.384 e. The van der Waals surface area contributed by atoms with E-state index in [0.717, 1.165) is 18.5 Å². The van der Waals surface area contributed by atoms with Gasteiger partial charge in [0.1, 0.15) is 12.4 Å². The van der Waals surface area contributed by atoms with Crippen LogP contribution in [-0.4, -0.2) is 35.4 Å². The van der Waals surface area contributed by atoms with Crippen molar-refractivity contribution >= 4 is 11.7 Å². The lowest BCUT2D eigenvalue weighted by atomic mass is 9.78. The Labute approximate surface area is 99.9 Å². The van der Waals surface area contributed by atoms with Crippen LogP contribution in [0.3, 0.4) is 0 Å². The summed E-state index contributed by atoms with van der Waals surface area (Å²) >= 11 is 0. The third kappa shape index (κ3) is 2.97. The standard InChI is InChI=1S/C11H18N4O2/c1-2-17-6-11(16)13-8-3-7(4-8)9-5-10(12)15-14-9/h5,7-8H,2-4,6H2,1H3,(H,13,16)(H3,12,14,15)/t7-,8+.